The van der Waals surface area contributed by atoms with Crippen molar-refractivity contribution in [3.05, 3.63) is 30.3 Å². The van der Waals surface area contributed by atoms with E-state index in [1.807, 2.05) is 0 Å². The summed E-state index contributed by atoms with van der Waals surface area (Å²) in [5, 5.41) is 4.29. The van der Waals surface area contributed by atoms with Gasteiger partial charge in [0.1, 0.15) is 0 Å². The number of nitrogens with zero attached hydrogens (tertiary/aromatic N) is 1. The molecule has 0 aromatic heterocycles. The number of hydrogen-bond donors (Lipinski definition) is 2. The Morgan fingerprint density at radius 1 is 1.24 bits per heavy atom. The monoisotopic (exact) mass is 365 g/mol. The van der Waals surface area contributed by atoms with E-state index >= 15 is 0 Å². The Kier molecular flexibility index (Phi) is 6.72. The molecule has 0 spiro atoms. The molecule has 0 unspecified atom stereocenters. The third-order valence-corrected chi connectivity index (χ3v) is 5.98. The molecule has 1 aromatic rings. The number of carbonyl (C=O) groups excluding carboxylic acids is 1. The fourth-order valence-corrected chi connectivity index (χ4v) is 4.11. The summed E-state index contributed by atoms with van der Waals surface area (Å²) in [5.41, 5.74) is 3.51. The van der Waals surface area contributed by atoms with E-state index < -0.39 is 15.9 Å². The highest BCUT2D eigenvalue weighted by Gasteiger charge is 2.27. The van der Waals surface area contributed by atoms with Gasteiger partial charge in [-0.15, -0.1) is 0 Å². The third-order valence-electron chi connectivity index (χ3n) is 4.56. The van der Waals surface area contributed by atoms with Crippen molar-refractivity contribution in [2.75, 3.05) is 6.54 Å². The van der Waals surface area contributed by atoms with Crippen molar-refractivity contribution < 1.29 is 13.2 Å². The maximum absolute atomic E-state index is 12.1. The summed E-state index contributed by atoms with van der Waals surface area (Å²) in [6.45, 7) is 6.16. The summed E-state index contributed by atoms with van der Waals surface area (Å²) in [7, 11) is -3.69. The molecular weight excluding hydrogens is 338 g/mol. The number of hydrazone groups is 1. The molecule has 2 atom stereocenters. The summed E-state index contributed by atoms with van der Waals surface area (Å²) in [6.07, 6.45) is 3.12. The molecular formula is C18H27N3O3S. The van der Waals surface area contributed by atoms with Crippen molar-refractivity contribution in [2.45, 2.75) is 44.9 Å². The molecule has 0 heterocycles. The highest BCUT2D eigenvalue weighted by molar-refractivity contribution is 7.89. The van der Waals surface area contributed by atoms with Gasteiger partial charge in [-0.05, 0) is 43.2 Å². The minimum Gasteiger partial charge on any atom is -0.272 e. The van der Waals surface area contributed by atoms with Gasteiger partial charge in [-0.25, -0.2) is 18.6 Å². The fraction of sp³-hybridized carbons (Fsp3) is 0.556. The quantitative estimate of drug-likeness (QED) is 0.759. The van der Waals surface area contributed by atoms with Crippen molar-refractivity contribution in [1.82, 2.24) is 10.1 Å². The van der Waals surface area contributed by atoms with Crippen LogP contribution in [0.1, 0.15) is 40.0 Å². The van der Waals surface area contributed by atoms with Crippen molar-refractivity contribution >= 4 is 21.6 Å². The number of sulfonamides is 1. The summed E-state index contributed by atoms with van der Waals surface area (Å²) >= 11 is 0. The predicted molar refractivity (Wildman–Crippen MR) is 98.6 cm³/mol. The first-order chi connectivity index (χ1) is 11.8. The summed E-state index contributed by atoms with van der Waals surface area (Å²) in [4.78, 5) is 12.1. The van der Waals surface area contributed by atoms with E-state index in [-0.39, 0.29) is 11.4 Å². The lowest BCUT2D eigenvalue weighted by molar-refractivity contribution is -0.119. The number of carbonyl (C=O) groups is 1. The van der Waals surface area contributed by atoms with Crippen LogP contribution in [0, 0.1) is 17.8 Å². The number of rotatable bonds is 6. The molecule has 1 saturated carbocycles. The maximum atomic E-state index is 12.1. The molecule has 0 radical (unpaired) electrons. The smallest absolute Gasteiger partial charge is 0.255 e. The fourth-order valence-electron chi connectivity index (χ4n) is 3.11. The van der Waals surface area contributed by atoms with Crippen LogP contribution in [-0.2, 0) is 14.8 Å². The Hall–Kier alpha value is -1.73. The standard InChI is InChI=1S/C18H27N3O3S/c1-13(2)16-10-9-14(3)11-17(16)20-21-18(22)12-19-25(23,24)15-7-5-4-6-8-15/h4-8,13-14,16,19H,9-12H2,1-3H3,(H,21,22)/b20-17-/t14-,16-/m0/s1. The van der Waals surface area contributed by atoms with Crippen LogP contribution in [0.25, 0.3) is 0 Å². The number of nitrogens with one attached hydrogen (secondary N) is 2. The van der Waals surface area contributed by atoms with Crippen LogP contribution >= 0.6 is 0 Å². The highest BCUT2D eigenvalue weighted by Crippen LogP contribution is 2.31. The lowest BCUT2D eigenvalue weighted by Crippen LogP contribution is -2.36. The van der Waals surface area contributed by atoms with Gasteiger partial charge in [0.05, 0.1) is 11.4 Å². The van der Waals surface area contributed by atoms with Gasteiger partial charge in [-0.2, -0.15) is 5.10 Å². The molecule has 1 aliphatic rings. The predicted octanol–water partition coefficient (Wildman–Crippen LogP) is 2.53. The first kappa shape index (κ1) is 19.6. The van der Waals surface area contributed by atoms with Crippen LogP contribution in [0.3, 0.4) is 0 Å². The molecule has 6 nitrogen and oxygen atoms in total. The van der Waals surface area contributed by atoms with Crippen LogP contribution in [0.2, 0.25) is 0 Å². The topological polar surface area (TPSA) is 87.6 Å². The van der Waals surface area contributed by atoms with Crippen LogP contribution in [0.4, 0.5) is 0 Å². The summed E-state index contributed by atoms with van der Waals surface area (Å²) in [6, 6.07) is 7.97. The first-order valence-corrected chi connectivity index (χ1v) is 10.2. The second kappa shape index (κ2) is 8.58. The van der Waals surface area contributed by atoms with E-state index in [1.165, 1.54) is 18.6 Å². The lowest BCUT2D eigenvalue weighted by Gasteiger charge is -2.30. The lowest BCUT2D eigenvalue weighted by atomic mass is 9.76. The minimum absolute atomic E-state index is 0.134. The second-order valence-corrected chi connectivity index (χ2v) is 8.78. The third kappa shape index (κ3) is 5.64. The zero-order valence-electron chi connectivity index (χ0n) is 15.0. The largest absolute Gasteiger partial charge is 0.272 e. The number of hydrogen-bond acceptors (Lipinski definition) is 4. The Balaban J connectivity index is 1.93. The molecule has 0 bridgehead atoms. The van der Waals surface area contributed by atoms with Gasteiger partial charge < -0.3 is 0 Å². The first-order valence-electron chi connectivity index (χ1n) is 8.69. The van der Waals surface area contributed by atoms with Crippen molar-refractivity contribution in [2.24, 2.45) is 22.9 Å². The molecule has 1 fully saturated rings. The van der Waals surface area contributed by atoms with E-state index in [0.29, 0.717) is 17.8 Å². The van der Waals surface area contributed by atoms with Crippen molar-refractivity contribution in [3.63, 3.8) is 0 Å². The summed E-state index contributed by atoms with van der Waals surface area (Å²) in [5.74, 6) is 0.937. The van der Waals surface area contributed by atoms with Crippen molar-refractivity contribution in [1.29, 1.82) is 0 Å². The average Bonchev–Trinajstić information content (AvgIpc) is 2.59. The molecule has 138 valence electrons. The molecule has 7 heteroatoms. The molecule has 2 N–H and O–H groups in total. The van der Waals surface area contributed by atoms with Gasteiger partial charge in [0.25, 0.3) is 5.91 Å². The van der Waals surface area contributed by atoms with Crippen LogP contribution in [0.15, 0.2) is 40.3 Å². The normalized spacial score (nSPS) is 23.0. The van der Waals surface area contributed by atoms with E-state index in [4.69, 9.17) is 0 Å². The Labute approximate surface area is 150 Å². The molecule has 2 rings (SSSR count). The second-order valence-electron chi connectivity index (χ2n) is 7.01. The van der Waals surface area contributed by atoms with Crippen molar-refractivity contribution in [3.8, 4) is 0 Å². The Morgan fingerprint density at radius 3 is 2.56 bits per heavy atom. The minimum atomic E-state index is -3.69. The van der Waals surface area contributed by atoms with Crippen LogP contribution < -0.4 is 10.1 Å². The highest BCUT2D eigenvalue weighted by atomic mass is 32.2. The number of amides is 1. The van der Waals surface area contributed by atoms with Crippen LogP contribution in [-0.4, -0.2) is 26.6 Å². The average molecular weight is 365 g/mol. The Bertz CT molecular complexity index is 714. The maximum Gasteiger partial charge on any atom is 0.255 e. The molecule has 1 aromatic carbocycles. The van der Waals surface area contributed by atoms with Crippen LogP contribution in [0.5, 0.6) is 0 Å². The summed E-state index contributed by atoms with van der Waals surface area (Å²) < 4.78 is 26.5. The van der Waals surface area contributed by atoms with Gasteiger partial charge in [0, 0.05) is 11.6 Å². The van der Waals surface area contributed by atoms with Gasteiger partial charge in [0.2, 0.25) is 10.0 Å². The van der Waals surface area contributed by atoms with Gasteiger partial charge >= 0.3 is 0 Å². The van der Waals surface area contributed by atoms with E-state index in [1.54, 1.807) is 18.2 Å². The molecule has 25 heavy (non-hydrogen) atoms. The SMILES string of the molecule is CC(C)[C@@H]1CC[C@H](C)C/C1=N/NC(=O)CNS(=O)(=O)c1ccccc1. The van der Waals surface area contributed by atoms with Gasteiger partial charge in [-0.3, -0.25) is 4.79 Å². The van der Waals surface area contributed by atoms with Gasteiger partial charge in [0.15, 0.2) is 0 Å². The molecule has 1 aliphatic carbocycles. The molecule has 1 amide bonds. The number of benzene rings is 1. The molecule has 0 saturated heterocycles. The van der Waals surface area contributed by atoms with E-state index in [0.717, 1.165) is 18.6 Å². The zero-order valence-corrected chi connectivity index (χ0v) is 15.8. The zero-order chi connectivity index (χ0) is 18.4. The van der Waals surface area contributed by atoms with Gasteiger partial charge in [-0.1, -0.05) is 39.0 Å². The van der Waals surface area contributed by atoms with E-state index in [9.17, 15) is 13.2 Å². The van der Waals surface area contributed by atoms with E-state index in [2.05, 4.69) is 36.0 Å². The molecule has 0 aliphatic heterocycles. The Morgan fingerprint density at radius 2 is 1.92 bits per heavy atom.